The van der Waals surface area contributed by atoms with Gasteiger partial charge in [-0.25, -0.2) is 0 Å². The number of nitrogens with zero attached hydrogens (tertiary/aromatic N) is 2. The van der Waals surface area contributed by atoms with Crippen LogP contribution in [-0.4, -0.2) is 30.7 Å². The first-order chi connectivity index (χ1) is 7.42. The first kappa shape index (κ1) is 10.4. The maximum atomic E-state index is 4.06. The topological polar surface area (TPSA) is 28.2 Å². The van der Waals surface area contributed by atoms with Crippen LogP contribution in [0.15, 0.2) is 24.5 Å². The number of anilines is 1. The molecular weight excluding hydrogens is 186 g/mol. The lowest BCUT2D eigenvalue weighted by Gasteiger charge is -2.26. The van der Waals surface area contributed by atoms with E-state index in [1.165, 1.54) is 25.1 Å². The molecule has 1 aliphatic heterocycles. The van der Waals surface area contributed by atoms with E-state index in [2.05, 4.69) is 34.3 Å². The van der Waals surface area contributed by atoms with Crippen molar-refractivity contribution in [3.63, 3.8) is 0 Å². The third kappa shape index (κ3) is 2.48. The van der Waals surface area contributed by atoms with Gasteiger partial charge in [-0.3, -0.25) is 4.98 Å². The first-order valence-electron chi connectivity index (χ1n) is 5.79. The van der Waals surface area contributed by atoms with Crippen molar-refractivity contribution in [1.29, 1.82) is 0 Å². The van der Waals surface area contributed by atoms with Crippen LogP contribution in [0.4, 0.5) is 5.69 Å². The number of hydrogen-bond acceptors (Lipinski definition) is 3. The number of aromatic nitrogens is 1. The highest BCUT2D eigenvalue weighted by Crippen LogP contribution is 2.24. The van der Waals surface area contributed by atoms with E-state index in [-0.39, 0.29) is 0 Å². The zero-order valence-corrected chi connectivity index (χ0v) is 9.32. The maximum absolute atomic E-state index is 4.06. The molecule has 1 saturated heterocycles. The highest BCUT2D eigenvalue weighted by atomic mass is 15.2. The lowest BCUT2D eigenvalue weighted by molar-refractivity contribution is 0.587. The van der Waals surface area contributed by atoms with Crippen molar-refractivity contribution in [1.82, 2.24) is 10.3 Å². The van der Waals surface area contributed by atoms with E-state index in [0.29, 0.717) is 6.04 Å². The van der Waals surface area contributed by atoms with Gasteiger partial charge >= 0.3 is 0 Å². The van der Waals surface area contributed by atoms with Crippen LogP contribution in [0.1, 0.15) is 19.8 Å². The van der Waals surface area contributed by atoms with E-state index in [0.717, 1.165) is 13.1 Å². The molecule has 2 rings (SSSR count). The fraction of sp³-hybridized carbons (Fsp3) is 0.583. The molecule has 15 heavy (non-hydrogen) atoms. The third-order valence-electron chi connectivity index (χ3n) is 3.00. The monoisotopic (exact) mass is 205 g/mol. The van der Waals surface area contributed by atoms with Gasteiger partial charge in [0.2, 0.25) is 0 Å². The molecule has 0 amide bonds. The quantitative estimate of drug-likeness (QED) is 0.810. The summed E-state index contributed by atoms with van der Waals surface area (Å²) in [6.07, 6.45) is 6.35. The Morgan fingerprint density at radius 1 is 1.47 bits per heavy atom. The van der Waals surface area contributed by atoms with Gasteiger partial charge in [-0.15, -0.1) is 0 Å². The van der Waals surface area contributed by atoms with Crippen molar-refractivity contribution >= 4 is 5.69 Å². The van der Waals surface area contributed by atoms with Crippen LogP contribution < -0.4 is 10.2 Å². The van der Waals surface area contributed by atoms with Crippen molar-refractivity contribution in [2.24, 2.45) is 0 Å². The van der Waals surface area contributed by atoms with Crippen LogP contribution in [0.5, 0.6) is 0 Å². The Labute approximate surface area is 91.5 Å². The Bertz CT molecular complexity index is 286. The van der Waals surface area contributed by atoms with Gasteiger partial charge in [0.15, 0.2) is 0 Å². The summed E-state index contributed by atoms with van der Waals surface area (Å²) in [4.78, 5) is 6.55. The van der Waals surface area contributed by atoms with Gasteiger partial charge in [0.05, 0.1) is 0 Å². The smallest absolute Gasteiger partial charge is 0.0415 e. The van der Waals surface area contributed by atoms with Crippen LogP contribution in [-0.2, 0) is 0 Å². The number of likely N-dealkylation sites (N-methyl/N-ethyl adjacent to an activating group) is 1. The van der Waals surface area contributed by atoms with Crippen molar-refractivity contribution in [3.05, 3.63) is 24.5 Å². The average Bonchev–Trinajstić information content (AvgIpc) is 2.75. The van der Waals surface area contributed by atoms with Crippen molar-refractivity contribution < 1.29 is 0 Å². The predicted molar refractivity (Wildman–Crippen MR) is 63.1 cm³/mol. The standard InChI is InChI=1S/C12H19N3/c1-2-13-10-12-4-3-9-15(12)11-5-7-14-8-6-11/h5-8,12-13H,2-4,9-10H2,1H3. The van der Waals surface area contributed by atoms with Crippen LogP contribution in [0.25, 0.3) is 0 Å². The molecular formula is C12H19N3. The lowest BCUT2D eigenvalue weighted by atomic mass is 10.2. The molecule has 82 valence electrons. The molecule has 1 N–H and O–H groups in total. The second-order valence-corrected chi connectivity index (χ2v) is 4.00. The minimum absolute atomic E-state index is 0.660. The minimum Gasteiger partial charge on any atom is -0.367 e. The van der Waals surface area contributed by atoms with Gasteiger partial charge in [-0.1, -0.05) is 6.92 Å². The summed E-state index contributed by atoms with van der Waals surface area (Å²) in [5, 5.41) is 3.43. The maximum Gasteiger partial charge on any atom is 0.0415 e. The van der Waals surface area contributed by atoms with Crippen molar-refractivity contribution in [2.45, 2.75) is 25.8 Å². The molecule has 1 aromatic rings. The molecule has 1 aromatic heterocycles. The summed E-state index contributed by atoms with van der Waals surface area (Å²) >= 11 is 0. The molecule has 0 bridgehead atoms. The average molecular weight is 205 g/mol. The number of hydrogen-bond donors (Lipinski definition) is 1. The van der Waals surface area contributed by atoms with Crippen LogP contribution in [0.3, 0.4) is 0 Å². The zero-order chi connectivity index (χ0) is 10.5. The normalized spacial score (nSPS) is 20.9. The SMILES string of the molecule is CCNCC1CCCN1c1ccncc1. The van der Waals surface area contributed by atoms with E-state index in [1.807, 2.05) is 12.4 Å². The second-order valence-electron chi connectivity index (χ2n) is 4.00. The van der Waals surface area contributed by atoms with E-state index < -0.39 is 0 Å². The Morgan fingerprint density at radius 2 is 2.27 bits per heavy atom. The summed E-state index contributed by atoms with van der Waals surface area (Å²) < 4.78 is 0. The van der Waals surface area contributed by atoms with Gasteiger partial charge in [-0.2, -0.15) is 0 Å². The highest BCUT2D eigenvalue weighted by Gasteiger charge is 2.23. The van der Waals surface area contributed by atoms with Gasteiger partial charge in [0.25, 0.3) is 0 Å². The van der Waals surface area contributed by atoms with Crippen molar-refractivity contribution in [3.8, 4) is 0 Å². The van der Waals surface area contributed by atoms with Gasteiger partial charge in [0, 0.05) is 37.2 Å². The van der Waals surface area contributed by atoms with Crippen molar-refractivity contribution in [2.75, 3.05) is 24.5 Å². The highest BCUT2D eigenvalue weighted by molar-refractivity contribution is 5.46. The molecule has 1 atom stereocenters. The molecule has 3 heteroatoms. The Hall–Kier alpha value is -1.09. The second kappa shape index (κ2) is 5.12. The molecule has 0 radical (unpaired) electrons. The zero-order valence-electron chi connectivity index (χ0n) is 9.32. The summed E-state index contributed by atoms with van der Waals surface area (Å²) in [6.45, 7) is 5.49. The van der Waals surface area contributed by atoms with Crippen LogP contribution in [0.2, 0.25) is 0 Å². The van der Waals surface area contributed by atoms with Gasteiger partial charge in [-0.05, 0) is 31.5 Å². The van der Waals surface area contributed by atoms with Gasteiger partial charge in [0.1, 0.15) is 0 Å². The van der Waals surface area contributed by atoms with E-state index in [4.69, 9.17) is 0 Å². The van der Waals surface area contributed by atoms with E-state index in [1.54, 1.807) is 0 Å². The van der Waals surface area contributed by atoms with E-state index in [9.17, 15) is 0 Å². The Balaban J connectivity index is 2.01. The molecule has 0 aromatic carbocycles. The fourth-order valence-electron chi connectivity index (χ4n) is 2.23. The number of nitrogens with one attached hydrogen (secondary N) is 1. The largest absolute Gasteiger partial charge is 0.367 e. The summed E-state index contributed by atoms with van der Waals surface area (Å²) in [7, 11) is 0. The summed E-state index contributed by atoms with van der Waals surface area (Å²) in [5.41, 5.74) is 1.31. The molecule has 1 unspecified atom stereocenters. The molecule has 2 heterocycles. The van der Waals surface area contributed by atoms with Crippen LogP contribution in [0, 0.1) is 0 Å². The first-order valence-corrected chi connectivity index (χ1v) is 5.79. The molecule has 0 aliphatic carbocycles. The Morgan fingerprint density at radius 3 is 3.00 bits per heavy atom. The van der Waals surface area contributed by atoms with Crippen LogP contribution >= 0.6 is 0 Å². The minimum atomic E-state index is 0.660. The molecule has 3 nitrogen and oxygen atoms in total. The Kier molecular flexibility index (Phi) is 3.56. The van der Waals surface area contributed by atoms with Gasteiger partial charge < -0.3 is 10.2 Å². The summed E-state index contributed by atoms with van der Waals surface area (Å²) in [6, 6.07) is 4.86. The molecule has 0 spiro atoms. The number of rotatable bonds is 4. The molecule has 1 aliphatic rings. The number of pyridine rings is 1. The molecule has 1 fully saturated rings. The predicted octanol–water partition coefficient (Wildman–Crippen LogP) is 1.66. The third-order valence-corrected chi connectivity index (χ3v) is 3.00. The van der Waals surface area contributed by atoms with E-state index >= 15 is 0 Å². The summed E-state index contributed by atoms with van der Waals surface area (Å²) in [5.74, 6) is 0. The molecule has 0 saturated carbocycles. The fourth-order valence-corrected chi connectivity index (χ4v) is 2.23. The lowest BCUT2D eigenvalue weighted by Crippen LogP contribution is -2.37.